The van der Waals surface area contributed by atoms with Crippen molar-refractivity contribution in [2.45, 2.75) is 31.7 Å². The molecule has 21 heavy (non-hydrogen) atoms. The number of likely N-dealkylation sites (N-methyl/N-ethyl adjacent to an activating group) is 1. The number of hydrogen-bond acceptors (Lipinski definition) is 3. The van der Waals surface area contributed by atoms with Crippen LogP contribution in [0, 0.1) is 5.82 Å². The van der Waals surface area contributed by atoms with Gasteiger partial charge in [-0.2, -0.15) is 0 Å². The van der Waals surface area contributed by atoms with E-state index in [-0.39, 0.29) is 11.7 Å². The van der Waals surface area contributed by atoms with Gasteiger partial charge in [-0.25, -0.2) is 4.39 Å². The zero-order valence-corrected chi connectivity index (χ0v) is 12.5. The second kappa shape index (κ2) is 7.98. The Labute approximate surface area is 125 Å². The van der Waals surface area contributed by atoms with Crippen LogP contribution < -0.4 is 10.1 Å². The molecular formula is C16H23FN2O2. The number of amides is 1. The van der Waals surface area contributed by atoms with E-state index in [2.05, 4.69) is 5.32 Å². The minimum absolute atomic E-state index is 0.0752. The quantitative estimate of drug-likeness (QED) is 0.838. The van der Waals surface area contributed by atoms with Crippen LogP contribution in [0.1, 0.15) is 25.7 Å². The summed E-state index contributed by atoms with van der Waals surface area (Å²) in [5, 5.41) is 3.06. The summed E-state index contributed by atoms with van der Waals surface area (Å²) in [6.45, 7) is 1.50. The van der Waals surface area contributed by atoms with Crippen LogP contribution in [0.2, 0.25) is 0 Å². The molecule has 0 saturated heterocycles. The van der Waals surface area contributed by atoms with E-state index in [1.165, 1.54) is 25.0 Å². The number of benzene rings is 1. The van der Waals surface area contributed by atoms with E-state index in [0.717, 1.165) is 12.8 Å². The lowest BCUT2D eigenvalue weighted by molar-refractivity contribution is -0.122. The lowest BCUT2D eigenvalue weighted by Gasteiger charge is -2.18. The predicted molar refractivity (Wildman–Crippen MR) is 79.8 cm³/mol. The average molecular weight is 294 g/mol. The smallest absolute Gasteiger partial charge is 0.234 e. The summed E-state index contributed by atoms with van der Waals surface area (Å²) in [5.41, 5.74) is 0. The van der Waals surface area contributed by atoms with Crippen molar-refractivity contribution in [1.82, 2.24) is 10.2 Å². The fourth-order valence-corrected chi connectivity index (χ4v) is 2.52. The first-order valence-corrected chi connectivity index (χ1v) is 7.50. The number of hydrogen-bond donors (Lipinski definition) is 1. The summed E-state index contributed by atoms with van der Waals surface area (Å²) in [6.07, 6.45) is 4.63. The summed E-state index contributed by atoms with van der Waals surface area (Å²) < 4.78 is 18.2. The van der Waals surface area contributed by atoms with E-state index >= 15 is 0 Å². The minimum Gasteiger partial charge on any atom is -0.492 e. The predicted octanol–water partition coefficient (Wildman–Crippen LogP) is 2.20. The van der Waals surface area contributed by atoms with Gasteiger partial charge in [0.2, 0.25) is 5.91 Å². The minimum atomic E-state index is -0.275. The van der Waals surface area contributed by atoms with Crippen LogP contribution in [0.4, 0.5) is 4.39 Å². The molecule has 1 aliphatic carbocycles. The molecule has 1 aromatic carbocycles. The molecule has 1 aliphatic rings. The molecule has 1 saturated carbocycles. The number of carbonyl (C=O) groups excluding carboxylic acids is 1. The lowest BCUT2D eigenvalue weighted by atomic mass is 10.2. The Morgan fingerprint density at radius 2 is 2.00 bits per heavy atom. The van der Waals surface area contributed by atoms with Crippen molar-refractivity contribution in [2.24, 2.45) is 0 Å². The third kappa shape index (κ3) is 5.71. The van der Waals surface area contributed by atoms with E-state index in [9.17, 15) is 9.18 Å². The molecule has 5 heteroatoms. The lowest BCUT2D eigenvalue weighted by Crippen LogP contribution is -2.40. The number of halogens is 1. The normalized spacial score (nSPS) is 15.4. The highest BCUT2D eigenvalue weighted by Crippen LogP contribution is 2.17. The molecule has 0 spiro atoms. The fourth-order valence-electron chi connectivity index (χ4n) is 2.52. The van der Waals surface area contributed by atoms with Gasteiger partial charge in [0, 0.05) is 12.6 Å². The van der Waals surface area contributed by atoms with Crippen molar-refractivity contribution >= 4 is 5.91 Å². The van der Waals surface area contributed by atoms with Crippen LogP contribution in [0.15, 0.2) is 24.3 Å². The highest BCUT2D eigenvalue weighted by atomic mass is 19.1. The van der Waals surface area contributed by atoms with Crippen molar-refractivity contribution in [2.75, 3.05) is 26.7 Å². The molecule has 0 aromatic heterocycles. The Bertz CT molecular complexity index is 444. The molecule has 0 unspecified atom stereocenters. The molecule has 2 rings (SSSR count). The maximum atomic E-state index is 12.7. The maximum Gasteiger partial charge on any atom is 0.234 e. The SMILES string of the molecule is CN(CCOc1ccc(F)cc1)CC(=O)NC1CCCC1. The van der Waals surface area contributed by atoms with Gasteiger partial charge in [0.1, 0.15) is 18.2 Å². The van der Waals surface area contributed by atoms with Crippen LogP contribution in [0.5, 0.6) is 5.75 Å². The van der Waals surface area contributed by atoms with Gasteiger partial charge in [0.25, 0.3) is 0 Å². The summed E-state index contributed by atoms with van der Waals surface area (Å²) in [7, 11) is 1.89. The molecular weight excluding hydrogens is 271 g/mol. The van der Waals surface area contributed by atoms with Gasteiger partial charge in [-0.15, -0.1) is 0 Å². The third-order valence-electron chi connectivity index (χ3n) is 3.69. The third-order valence-corrected chi connectivity index (χ3v) is 3.69. The topological polar surface area (TPSA) is 41.6 Å². The van der Waals surface area contributed by atoms with E-state index in [1.54, 1.807) is 12.1 Å². The Balaban J connectivity index is 1.61. The number of rotatable bonds is 7. The van der Waals surface area contributed by atoms with Crippen molar-refractivity contribution in [3.8, 4) is 5.75 Å². The summed E-state index contributed by atoms with van der Waals surface area (Å²) >= 11 is 0. The molecule has 1 aromatic rings. The first-order chi connectivity index (χ1) is 10.1. The largest absolute Gasteiger partial charge is 0.492 e. The zero-order chi connectivity index (χ0) is 15.1. The standard InChI is InChI=1S/C16H23FN2O2/c1-19(12-16(20)18-14-4-2-3-5-14)10-11-21-15-8-6-13(17)7-9-15/h6-9,14H,2-5,10-12H2,1H3,(H,18,20). The number of nitrogens with one attached hydrogen (secondary N) is 1. The number of ether oxygens (including phenoxy) is 1. The molecule has 1 fully saturated rings. The molecule has 1 amide bonds. The van der Waals surface area contributed by atoms with Crippen LogP contribution in [0.25, 0.3) is 0 Å². The molecule has 0 atom stereocenters. The molecule has 0 aliphatic heterocycles. The van der Waals surface area contributed by atoms with Gasteiger partial charge >= 0.3 is 0 Å². The Hall–Kier alpha value is -1.62. The van der Waals surface area contributed by atoms with Crippen LogP contribution in [-0.4, -0.2) is 43.6 Å². The van der Waals surface area contributed by atoms with Gasteiger partial charge in [-0.1, -0.05) is 12.8 Å². The van der Waals surface area contributed by atoms with E-state index in [4.69, 9.17) is 4.74 Å². The van der Waals surface area contributed by atoms with Crippen molar-refractivity contribution < 1.29 is 13.9 Å². The maximum absolute atomic E-state index is 12.7. The second-order valence-corrected chi connectivity index (χ2v) is 5.59. The van der Waals surface area contributed by atoms with Crippen molar-refractivity contribution in [3.63, 3.8) is 0 Å². The van der Waals surface area contributed by atoms with E-state index in [0.29, 0.717) is 31.5 Å². The fraction of sp³-hybridized carbons (Fsp3) is 0.562. The van der Waals surface area contributed by atoms with E-state index in [1.807, 2.05) is 11.9 Å². The van der Waals surface area contributed by atoms with Crippen molar-refractivity contribution in [1.29, 1.82) is 0 Å². The highest BCUT2D eigenvalue weighted by molar-refractivity contribution is 5.78. The summed E-state index contributed by atoms with van der Waals surface area (Å²) in [5.74, 6) is 0.439. The monoisotopic (exact) mass is 294 g/mol. The van der Waals surface area contributed by atoms with Gasteiger partial charge in [-0.05, 0) is 44.2 Å². The Morgan fingerprint density at radius 3 is 2.67 bits per heavy atom. The first-order valence-electron chi connectivity index (χ1n) is 7.50. The zero-order valence-electron chi connectivity index (χ0n) is 12.5. The van der Waals surface area contributed by atoms with Crippen LogP contribution in [-0.2, 0) is 4.79 Å². The van der Waals surface area contributed by atoms with Gasteiger partial charge in [-0.3, -0.25) is 9.69 Å². The van der Waals surface area contributed by atoms with Crippen LogP contribution in [0.3, 0.4) is 0 Å². The summed E-state index contributed by atoms with van der Waals surface area (Å²) in [6, 6.07) is 6.30. The Morgan fingerprint density at radius 1 is 1.33 bits per heavy atom. The molecule has 4 nitrogen and oxygen atoms in total. The number of nitrogens with zero attached hydrogens (tertiary/aromatic N) is 1. The molecule has 116 valence electrons. The van der Waals surface area contributed by atoms with Crippen LogP contribution >= 0.6 is 0 Å². The second-order valence-electron chi connectivity index (χ2n) is 5.59. The summed E-state index contributed by atoms with van der Waals surface area (Å²) in [4.78, 5) is 13.8. The van der Waals surface area contributed by atoms with Gasteiger partial charge in [0.05, 0.1) is 6.54 Å². The number of carbonyl (C=O) groups is 1. The van der Waals surface area contributed by atoms with E-state index < -0.39 is 0 Å². The average Bonchev–Trinajstić information content (AvgIpc) is 2.93. The Kier molecular flexibility index (Phi) is 5.99. The molecule has 0 radical (unpaired) electrons. The molecule has 0 bridgehead atoms. The first kappa shape index (κ1) is 15.8. The van der Waals surface area contributed by atoms with Gasteiger partial charge < -0.3 is 10.1 Å². The molecule has 0 heterocycles. The van der Waals surface area contributed by atoms with Crippen molar-refractivity contribution in [3.05, 3.63) is 30.1 Å². The highest BCUT2D eigenvalue weighted by Gasteiger charge is 2.17. The molecule has 1 N–H and O–H groups in total. The van der Waals surface area contributed by atoms with Gasteiger partial charge in [0.15, 0.2) is 0 Å².